The zero-order chi connectivity index (χ0) is 14.0. The van der Waals surface area contributed by atoms with Crippen molar-refractivity contribution in [2.75, 3.05) is 0 Å². The first kappa shape index (κ1) is 13.7. The SMILES string of the molecule is Cc1ccc(I)c(Oc2nccc(C)c2[N+](=O)[O-])c1. The Hall–Kier alpha value is -1.70. The molecule has 0 N–H and O–H groups in total. The Bertz CT molecular complexity index is 644. The molecule has 19 heavy (non-hydrogen) atoms. The van der Waals surface area contributed by atoms with E-state index in [0.29, 0.717) is 11.3 Å². The molecule has 0 atom stereocenters. The number of hydrogen-bond donors (Lipinski definition) is 0. The average molecular weight is 370 g/mol. The number of halogens is 1. The standard InChI is InChI=1S/C13H11IN2O3/c1-8-3-4-10(14)11(7-8)19-13-12(16(17)18)9(2)5-6-15-13/h3-7H,1-2H3. The Morgan fingerprint density at radius 3 is 2.74 bits per heavy atom. The third kappa shape index (κ3) is 3.01. The number of hydrogen-bond acceptors (Lipinski definition) is 4. The van der Waals surface area contributed by atoms with E-state index < -0.39 is 4.92 Å². The van der Waals surface area contributed by atoms with Gasteiger partial charge in [0.15, 0.2) is 0 Å². The molecule has 0 amide bonds. The molecule has 2 rings (SSSR count). The lowest BCUT2D eigenvalue weighted by molar-refractivity contribution is -0.386. The molecule has 0 aliphatic heterocycles. The predicted molar refractivity (Wildman–Crippen MR) is 79.6 cm³/mol. The normalized spacial score (nSPS) is 10.3. The number of ether oxygens (including phenoxy) is 1. The number of rotatable bonds is 3. The van der Waals surface area contributed by atoms with E-state index in [-0.39, 0.29) is 11.6 Å². The van der Waals surface area contributed by atoms with Crippen LogP contribution in [0, 0.1) is 27.5 Å². The van der Waals surface area contributed by atoms with E-state index in [1.807, 2.05) is 25.1 Å². The Labute approximate surface area is 123 Å². The van der Waals surface area contributed by atoms with E-state index in [0.717, 1.165) is 9.13 Å². The summed E-state index contributed by atoms with van der Waals surface area (Å²) >= 11 is 2.12. The first-order valence-corrected chi connectivity index (χ1v) is 6.61. The number of nitro groups is 1. The smallest absolute Gasteiger partial charge is 0.334 e. The second kappa shape index (κ2) is 5.52. The molecule has 1 heterocycles. The second-order valence-corrected chi connectivity index (χ2v) is 5.24. The van der Waals surface area contributed by atoms with Gasteiger partial charge in [-0.25, -0.2) is 4.98 Å². The highest BCUT2D eigenvalue weighted by molar-refractivity contribution is 14.1. The summed E-state index contributed by atoms with van der Waals surface area (Å²) in [6.45, 7) is 3.59. The quantitative estimate of drug-likeness (QED) is 0.465. The maximum atomic E-state index is 11.1. The number of aromatic nitrogens is 1. The molecular weight excluding hydrogens is 359 g/mol. The van der Waals surface area contributed by atoms with E-state index in [2.05, 4.69) is 27.6 Å². The van der Waals surface area contributed by atoms with Gasteiger partial charge in [0.05, 0.1) is 8.49 Å². The molecular formula is C13H11IN2O3. The van der Waals surface area contributed by atoms with Crippen molar-refractivity contribution in [1.29, 1.82) is 0 Å². The van der Waals surface area contributed by atoms with Gasteiger partial charge in [0.2, 0.25) is 0 Å². The van der Waals surface area contributed by atoms with Gasteiger partial charge in [-0.1, -0.05) is 6.07 Å². The van der Waals surface area contributed by atoms with Crippen molar-refractivity contribution in [1.82, 2.24) is 4.98 Å². The Kier molecular flexibility index (Phi) is 3.98. The molecule has 1 aromatic carbocycles. The third-order valence-corrected chi connectivity index (χ3v) is 3.46. The summed E-state index contributed by atoms with van der Waals surface area (Å²) in [6.07, 6.45) is 1.50. The first-order chi connectivity index (χ1) is 8.99. The number of benzene rings is 1. The average Bonchev–Trinajstić information content (AvgIpc) is 2.33. The van der Waals surface area contributed by atoms with Gasteiger partial charge in [-0.05, 0) is 60.2 Å². The van der Waals surface area contributed by atoms with E-state index in [4.69, 9.17) is 4.74 Å². The molecule has 0 radical (unpaired) electrons. The van der Waals surface area contributed by atoms with Crippen molar-refractivity contribution in [2.24, 2.45) is 0 Å². The van der Waals surface area contributed by atoms with Crippen molar-refractivity contribution in [3.05, 3.63) is 55.3 Å². The van der Waals surface area contributed by atoms with Crippen LogP contribution >= 0.6 is 22.6 Å². The third-order valence-electron chi connectivity index (χ3n) is 2.57. The summed E-state index contributed by atoms with van der Waals surface area (Å²) in [6, 6.07) is 7.27. The fourth-order valence-corrected chi connectivity index (χ4v) is 2.06. The largest absolute Gasteiger partial charge is 0.433 e. The molecule has 0 unspecified atom stereocenters. The summed E-state index contributed by atoms with van der Waals surface area (Å²) in [5.41, 5.74) is 1.45. The summed E-state index contributed by atoms with van der Waals surface area (Å²) in [5.74, 6) is 0.593. The van der Waals surface area contributed by atoms with Crippen LogP contribution in [-0.4, -0.2) is 9.91 Å². The minimum Gasteiger partial charge on any atom is -0.433 e. The van der Waals surface area contributed by atoms with Crippen molar-refractivity contribution in [3.8, 4) is 11.6 Å². The number of nitrogens with zero attached hydrogens (tertiary/aromatic N) is 2. The van der Waals surface area contributed by atoms with Gasteiger partial charge in [-0.15, -0.1) is 0 Å². The molecule has 0 aliphatic rings. The van der Waals surface area contributed by atoms with Gasteiger partial charge in [-0.2, -0.15) is 0 Å². The molecule has 0 saturated carbocycles. The van der Waals surface area contributed by atoms with Crippen LogP contribution in [0.1, 0.15) is 11.1 Å². The topological polar surface area (TPSA) is 65.3 Å². The van der Waals surface area contributed by atoms with E-state index in [1.54, 1.807) is 13.0 Å². The molecule has 0 bridgehead atoms. The monoisotopic (exact) mass is 370 g/mol. The molecule has 98 valence electrons. The Morgan fingerprint density at radius 1 is 1.32 bits per heavy atom. The summed E-state index contributed by atoms with van der Waals surface area (Å²) in [4.78, 5) is 14.6. The first-order valence-electron chi connectivity index (χ1n) is 5.53. The van der Waals surface area contributed by atoms with Crippen LogP contribution in [0.3, 0.4) is 0 Å². The maximum Gasteiger partial charge on any atom is 0.334 e. The van der Waals surface area contributed by atoms with Crippen molar-refractivity contribution in [3.63, 3.8) is 0 Å². The van der Waals surface area contributed by atoms with E-state index in [1.165, 1.54) is 6.20 Å². The minimum atomic E-state index is -0.472. The summed E-state index contributed by atoms with van der Waals surface area (Å²) < 4.78 is 6.48. The zero-order valence-electron chi connectivity index (χ0n) is 10.4. The van der Waals surface area contributed by atoms with Crippen LogP contribution < -0.4 is 4.74 Å². The number of aryl methyl sites for hydroxylation is 2. The van der Waals surface area contributed by atoms with E-state index >= 15 is 0 Å². The van der Waals surface area contributed by atoms with Crippen LogP contribution in [0.4, 0.5) is 5.69 Å². The van der Waals surface area contributed by atoms with Crippen molar-refractivity contribution < 1.29 is 9.66 Å². The maximum absolute atomic E-state index is 11.1. The number of pyridine rings is 1. The Balaban J connectivity index is 2.46. The van der Waals surface area contributed by atoms with Gasteiger partial charge in [0.25, 0.3) is 5.88 Å². The molecule has 2 aromatic rings. The molecule has 0 saturated heterocycles. The van der Waals surface area contributed by atoms with Crippen LogP contribution in [0.25, 0.3) is 0 Å². The van der Waals surface area contributed by atoms with Crippen LogP contribution in [-0.2, 0) is 0 Å². The van der Waals surface area contributed by atoms with Crippen LogP contribution in [0.5, 0.6) is 11.6 Å². The predicted octanol–water partition coefficient (Wildman–Crippen LogP) is 4.00. The second-order valence-electron chi connectivity index (χ2n) is 4.07. The zero-order valence-corrected chi connectivity index (χ0v) is 12.5. The molecule has 0 spiro atoms. The van der Waals surface area contributed by atoms with Gasteiger partial charge in [0.1, 0.15) is 5.75 Å². The fourth-order valence-electron chi connectivity index (χ4n) is 1.62. The highest BCUT2D eigenvalue weighted by Crippen LogP contribution is 2.33. The lowest BCUT2D eigenvalue weighted by atomic mass is 10.2. The molecule has 6 heteroatoms. The fraction of sp³-hybridized carbons (Fsp3) is 0.154. The van der Waals surface area contributed by atoms with Gasteiger partial charge >= 0.3 is 5.69 Å². The molecule has 0 aliphatic carbocycles. The van der Waals surface area contributed by atoms with Crippen molar-refractivity contribution >= 4 is 28.3 Å². The molecule has 0 fully saturated rings. The summed E-state index contributed by atoms with van der Waals surface area (Å²) in [7, 11) is 0. The summed E-state index contributed by atoms with van der Waals surface area (Å²) in [5, 5.41) is 11.1. The highest BCUT2D eigenvalue weighted by Gasteiger charge is 2.21. The van der Waals surface area contributed by atoms with E-state index in [9.17, 15) is 10.1 Å². The Morgan fingerprint density at radius 2 is 2.05 bits per heavy atom. The van der Waals surface area contributed by atoms with Crippen molar-refractivity contribution in [2.45, 2.75) is 13.8 Å². The van der Waals surface area contributed by atoms with Gasteiger partial charge < -0.3 is 4.74 Å². The van der Waals surface area contributed by atoms with Crippen LogP contribution in [0.15, 0.2) is 30.5 Å². The van der Waals surface area contributed by atoms with Gasteiger partial charge in [0, 0.05) is 11.8 Å². The highest BCUT2D eigenvalue weighted by atomic mass is 127. The molecule has 1 aromatic heterocycles. The lowest BCUT2D eigenvalue weighted by Crippen LogP contribution is -1.99. The molecule has 5 nitrogen and oxygen atoms in total. The van der Waals surface area contributed by atoms with Crippen LogP contribution in [0.2, 0.25) is 0 Å². The van der Waals surface area contributed by atoms with Gasteiger partial charge in [-0.3, -0.25) is 10.1 Å². The minimum absolute atomic E-state index is 0.0218. The lowest BCUT2D eigenvalue weighted by Gasteiger charge is -2.08.